The van der Waals surface area contributed by atoms with Crippen LogP contribution in [0.1, 0.15) is 29.8 Å². The fourth-order valence-corrected chi connectivity index (χ4v) is 2.00. The maximum absolute atomic E-state index is 12.5. The molecule has 2 rings (SSSR count). The van der Waals surface area contributed by atoms with Gasteiger partial charge in [0.05, 0.1) is 11.7 Å². The number of nitrogens with two attached hydrogens (primary N) is 1. The van der Waals surface area contributed by atoms with E-state index < -0.39 is 0 Å². The van der Waals surface area contributed by atoms with Crippen molar-refractivity contribution in [3.05, 3.63) is 58.6 Å². The lowest BCUT2D eigenvalue weighted by Crippen LogP contribution is -2.10. The summed E-state index contributed by atoms with van der Waals surface area (Å²) in [5.41, 5.74) is 7.25. The molecule has 0 heterocycles. The van der Waals surface area contributed by atoms with Gasteiger partial charge in [-0.3, -0.25) is 4.79 Å². The highest BCUT2D eigenvalue weighted by atomic mass is 35.5. The van der Waals surface area contributed by atoms with Crippen molar-refractivity contribution in [1.82, 2.24) is 0 Å². The molecule has 0 saturated heterocycles. The van der Waals surface area contributed by atoms with Crippen molar-refractivity contribution >= 4 is 23.1 Å². The summed E-state index contributed by atoms with van der Waals surface area (Å²) < 4.78 is 5.66. The highest BCUT2D eigenvalue weighted by molar-refractivity contribution is 6.31. The molecular formula is C16H16ClNO2. The van der Waals surface area contributed by atoms with E-state index in [9.17, 15) is 4.79 Å². The third kappa shape index (κ3) is 3.31. The second kappa shape index (κ2) is 5.97. The quantitative estimate of drug-likeness (QED) is 0.685. The van der Waals surface area contributed by atoms with Crippen LogP contribution in [0, 0.1) is 0 Å². The standard InChI is InChI=1S/C16H16ClNO2/c1-10(2)20-15-8-5-12(17)9-14(15)16(19)11-3-6-13(18)7-4-11/h3-10H,18H2,1-2H3. The van der Waals surface area contributed by atoms with E-state index in [4.69, 9.17) is 22.1 Å². The number of carbonyl (C=O) groups is 1. The number of hydrogen-bond acceptors (Lipinski definition) is 3. The van der Waals surface area contributed by atoms with Gasteiger partial charge in [-0.2, -0.15) is 0 Å². The average molecular weight is 290 g/mol. The Hall–Kier alpha value is -2.00. The number of benzene rings is 2. The zero-order valence-corrected chi connectivity index (χ0v) is 12.1. The van der Waals surface area contributed by atoms with Crippen molar-refractivity contribution < 1.29 is 9.53 Å². The molecule has 0 unspecified atom stereocenters. The lowest BCUT2D eigenvalue weighted by atomic mass is 10.0. The van der Waals surface area contributed by atoms with E-state index in [-0.39, 0.29) is 11.9 Å². The summed E-state index contributed by atoms with van der Waals surface area (Å²) in [6, 6.07) is 11.8. The third-order valence-electron chi connectivity index (χ3n) is 2.72. The summed E-state index contributed by atoms with van der Waals surface area (Å²) in [5, 5.41) is 0.500. The van der Waals surface area contributed by atoms with Gasteiger partial charge in [-0.05, 0) is 56.3 Å². The molecule has 0 aliphatic carbocycles. The van der Waals surface area contributed by atoms with Crippen molar-refractivity contribution in [1.29, 1.82) is 0 Å². The second-order valence-electron chi connectivity index (χ2n) is 4.76. The minimum atomic E-state index is -0.136. The molecule has 20 heavy (non-hydrogen) atoms. The van der Waals surface area contributed by atoms with Gasteiger partial charge >= 0.3 is 0 Å². The van der Waals surface area contributed by atoms with Crippen molar-refractivity contribution in [3.63, 3.8) is 0 Å². The van der Waals surface area contributed by atoms with E-state index in [0.717, 1.165) is 0 Å². The van der Waals surface area contributed by atoms with Gasteiger partial charge in [0.2, 0.25) is 0 Å². The Morgan fingerprint density at radius 1 is 1.15 bits per heavy atom. The van der Waals surface area contributed by atoms with Crippen LogP contribution < -0.4 is 10.5 Å². The Morgan fingerprint density at radius 2 is 1.80 bits per heavy atom. The van der Waals surface area contributed by atoms with E-state index >= 15 is 0 Å². The molecule has 0 atom stereocenters. The summed E-state index contributed by atoms with van der Waals surface area (Å²) in [4.78, 5) is 12.5. The van der Waals surface area contributed by atoms with E-state index in [1.807, 2.05) is 13.8 Å². The van der Waals surface area contributed by atoms with Crippen LogP contribution in [-0.2, 0) is 0 Å². The highest BCUT2D eigenvalue weighted by Crippen LogP contribution is 2.26. The number of carbonyl (C=O) groups excluding carboxylic acids is 1. The highest BCUT2D eigenvalue weighted by Gasteiger charge is 2.16. The van der Waals surface area contributed by atoms with Crippen LogP contribution in [-0.4, -0.2) is 11.9 Å². The van der Waals surface area contributed by atoms with E-state index in [1.165, 1.54) is 0 Å². The number of nitrogen functional groups attached to an aromatic ring is 1. The van der Waals surface area contributed by atoms with Gasteiger partial charge < -0.3 is 10.5 Å². The molecule has 0 saturated carbocycles. The maximum Gasteiger partial charge on any atom is 0.196 e. The molecule has 0 radical (unpaired) electrons. The van der Waals surface area contributed by atoms with Gasteiger partial charge in [-0.15, -0.1) is 0 Å². The molecule has 2 aromatic rings. The maximum atomic E-state index is 12.5. The summed E-state index contributed by atoms with van der Waals surface area (Å²) >= 11 is 5.98. The van der Waals surface area contributed by atoms with Crippen LogP contribution in [0.3, 0.4) is 0 Å². The number of ketones is 1. The number of anilines is 1. The molecule has 2 aromatic carbocycles. The van der Waals surface area contributed by atoms with Crippen LogP contribution in [0.15, 0.2) is 42.5 Å². The second-order valence-corrected chi connectivity index (χ2v) is 5.19. The van der Waals surface area contributed by atoms with E-state index in [0.29, 0.717) is 27.6 Å². The Balaban J connectivity index is 2.42. The lowest BCUT2D eigenvalue weighted by molar-refractivity contribution is 0.103. The van der Waals surface area contributed by atoms with Crippen molar-refractivity contribution in [2.24, 2.45) is 0 Å². The number of ether oxygens (including phenoxy) is 1. The molecule has 2 N–H and O–H groups in total. The molecule has 0 aromatic heterocycles. The van der Waals surface area contributed by atoms with Gasteiger partial charge in [0, 0.05) is 16.3 Å². The Morgan fingerprint density at radius 3 is 2.40 bits per heavy atom. The molecule has 104 valence electrons. The smallest absolute Gasteiger partial charge is 0.196 e. The topological polar surface area (TPSA) is 52.3 Å². The summed E-state index contributed by atoms with van der Waals surface area (Å²) in [6.07, 6.45) is -0.0193. The zero-order valence-electron chi connectivity index (χ0n) is 11.4. The normalized spacial score (nSPS) is 10.6. The van der Waals surface area contributed by atoms with Crippen LogP contribution >= 0.6 is 11.6 Å². The van der Waals surface area contributed by atoms with Gasteiger partial charge in [0.1, 0.15) is 5.75 Å². The molecule has 0 aliphatic rings. The molecule has 4 heteroatoms. The van der Waals surface area contributed by atoms with Gasteiger partial charge in [-0.1, -0.05) is 11.6 Å². The fourth-order valence-electron chi connectivity index (χ4n) is 1.83. The first-order chi connectivity index (χ1) is 9.47. The van der Waals surface area contributed by atoms with Crippen LogP contribution in [0.5, 0.6) is 5.75 Å². The summed E-state index contributed by atoms with van der Waals surface area (Å²) in [6.45, 7) is 3.82. The molecular weight excluding hydrogens is 274 g/mol. The van der Waals surface area contributed by atoms with Crippen molar-refractivity contribution in [2.45, 2.75) is 20.0 Å². The van der Waals surface area contributed by atoms with Crippen LogP contribution in [0.25, 0.3) is 0 Å². The molecule has 0 bridgehead atoms. The van der Waals surface area contributed by atoms with Gasteiger partial charge in [0.25, 0.3) is 0 Å². The lowest BCUT2D eigenvalue weighted by Gasteiger charge is -2.14. The predicted molar refractivity (Wildman–Crippen MR) is 81.5 cm³/mol. The Bertz CT molecular complexity index is 621. The van der Waals surface area contributed by atoms with E-state index in [2.05, 4.69) is 0 Å². The first kappa shape index (κ1) is 14.4. The Kier molecular flexibility index (Phi) is 4.30. The SMILES string of the molecule is CC(C)Oc1ccc(Cl)cc1C(=O)c1ccc(N)cc1. The molecule has 0 fully saturated rings. The van der Waals surface area contributed by atoms with Crippen LogP contribution in [0.2, 0.25) is 5.02 Å². The molecule has 0 spiro atoms. The van der Waals surface area contributed by atoms with Crippen molar-refractivity contribution in [2.75, 3.05) is 5.73 Å². The molecule has 3 nitrogen and oxygen atoms in total. The third-order valence-corrected chi connectivity index (χ3v) is 2.96. The molecule has 0 aliphatic heterocycles. The number of hydrogen-bond donors (Lipinski definition) is 1. The Labute approximate surface area is 123 Å². The average Bonchev–Trinajstić information content (AvgIpc) is 2.40. The monoisotopic (exact) mass is 289 g/mol. The zero-order chi connectivity index (χ0) is 14.7. The minimum absolute atomic E-state index is 0.0193. The number of rotatable bonds is 4. The first-order valence-corrected chi connectivity index (χ1v) is 6.71. The van der Waals surface area contributed by atoms with Gasteiger partial charge in [0.15, 0.2) is 5.78 Å². The largest absolute Gasteiger partial charge is 0.490 e. The predicted octanol–water partition coefficient (Wildman–Crippen LogP) is 3.94. The van der Waals surface area contributed by atoms with Crippen molar-refractivity contribution in [3.8, 4) is 5.75 Å². The fraction of sp³-hybridized carbons (Fsp3) is 0.188. The molecule has 0 amide bonds. The number of halogens is 1. The minimum Gasteiger partial charge on any atom is -0.490 e. The first-order valence-electron chi connectivity index (χ1n) is 6.34. The van der Waals surface area contributed by atoms with E-state index in [1.54, 1.807) is 42.5 Å². The summed E-state index contributed by atoms with van der Waals surface area (Å²) in [5.74, 6) is 0.398. The van der Waals surface area contributed by atoms with Crippen LogP contribution in [0.4, 0.5) is 5.69 Å². The summed E-state index contributed by atoms with van der Waals surface area (Å²) in [7, 11) is 0. The van der Waals surface area contributed by atoms with Gasteiger partial charge in [-0.25, -0.2) is 0 Å².